The number of rotatable bonds is 3. The van der Waals surface area contributed by atoms with E-state index in [1.165, 1.54) is 0 Å². The van der Waals surface area contributed by atoms with Gasteiger partial charge in [-0.1, -0.05) is 12.8 Å². The Hall–Kier alpha value is -0.0900. The maximum Gasteiger partial charge on any atom is 0.154 e. The zero-order valence-electron chi connectivity index (χ0n) is 6.62. The molecule has 0 aliphatic heterocycles. The van der Waals surface area contributed by atoms with Crippen molar-refractivity contribution in [3.8, 4) is 0 Å². The van der Waals surface area contributed by atoms with Gasteiger partial charge < -0.3 is 5.73 Å². The van der Waals surface area contributed by atoms with E-state index in [2.05, 4.69) is 0 Å². The lowest BCUT2D eigenvalue weighted by atomic mass is 10.4. The van der Waals surface area contributed by atoms with Gasteiger partial charge in [-0.3, -0.25) is 0 Å². The highest BCUT2D eigenvalue weighted by molar-refractivity contribution is 7.92. The average molecular weight is 177 g/mol. The fourth-order valence-electron chi connectivity index (χ4n) is 1.58. The second kappa shape index (κ2) is 3.54. The molecule has 1 fully saturated rings. The third-order valence-electron chi connectivity index (χ3n) is 2.21. The number of nitrogens with two attached hydrogens (primary N) is 1. The Morgan fingerprint density at radius 2 is 1.82 bits per heavy atom. The van der Waals surface area contributed by atoms with Gasteiger partial charge in [-0.25, -0.2) is 8.42 Å². The second-order valence-corrected chi connectivity index (χ2v) is 5.46. The van der Waals surface area contributed by atoms with Crippen LogP contribution < -0.4 is 5.73 Å². The summed E-state index contributed by atoms with van der Waals surface area (Å²) in [4.78, 5) is 0. The summed E-state index contributed by atoms with van der Waals surface area (Å²) in [5.41, 5.74) is 5.20. The molecule has 0 atom stereocenters. The predicted octanol–water partition coefficient (Wildman–Crippen LogP) is 0.302. The molecule has 3 nitrogen and oxygen atoms in total. The minimum Gasteiger partial charge on any atom is -0.329 e. The lowest BCUT2D eigenvalue weighted by molar-refractivity contribution is 0.579. The maximum atomic E-state index is 11.4. The SMILES string of the molecule is NCCS(=O)(=O)C1CCCC1. The Bertz CT molecular complexity index is 204. The van der Waals surface area contributed by atoms with E-state index in [1.54, 1.807) is 0 Å². The van der Waals surface area contributed by atoms with E-state index in [0.29, 0.717) is 0 Å². The molecule has 2 N–H and O–H groups in total. The van der Waals surface area contributed by atoms with Gasteiger partial charge in [0, 0.05) is 6.54 Å². The first-order chi connectivity index (χ1) is 5.17. The zero-order valence-corrected chi connectivity index (χ0v) is 7.44. The van der Waals surface area contributed by atoms with E-state index in [1.807, 2.05) is 0 Å². The number of hydrogen-bond acceptors (Lipinski definition) is 3. The molecule has 0 bridgehead atoms. The molecule has 0 heterocycles. The normalized spacial score (nSPS) is 20.8. The molecule has 1 aliphatic rings. The summed E-state index contributed by atoms with van der Waals surface area (Å²) in [7, 11) is -2.84. The lowest BCUT2D eigenvalue weighted by Crippen LogP contribution is -2.25. The summed E-state index contributed by atoms with van der Waals surface area (Å²) in [5.74, 6) is 0.164. The second-order valence-electron chi connectivity index (χ2n) is 3.06. The van der Waals surface area contributed by atoms with Crippen LogP contribution in [0.15, 0.2) is 0 Å². The van der Waals surface area contributed by atoms with Gasteiger partial charge in [0.05, 0.1) is 11.0 Å². The van der Waals surface area contributed by atoms with Crippen LogP contribution in [0.25, 0.3) is 0 Å². The summed E-state index contributed by atoms with van der Waals surface area (Å²) >= 11 is 0. The van der Waals surface area contributed by atoms with Crippen molar-refractivity contribution >= 4 is 9.84 Å². The van der Waals surface area contributed by atoms with E-state index in [4.69, 9.17) is 5.73 Å². The molecule has 0 saturated heterocycles. The summed E-state index contributed by atoms with van der Waals surface area (Å²) in [5, 5.41) is -0.0777. The van der Waals surface area contributed by atoms with Crippen molar-refractivity contribution in [3.05, 3.63) is 0 Å². The first-order valence-electron chi connectivity index (χ1n) is 4.08. The highest BCUT2D eigenvalue weighted by atomic mass is 32.2. The maximum absolute atomic E-state index is 11.4. The topological polar surface area (TPSA) is 60.2 Å². The number of hydrogen-bond donors (Lipinski definition) is 1. The first kappa shape index (κ1) is 9.00. The Balaban J connectivity index is 2.56. The smallest absolute Gasteiger partial charge is 0.154 e. The van der Waals surface area contributed by atoms with Crippen molar-refractivity contribution in [2.75, 3.05) is 12.3 Å². The van der Waals surface area contributed by atoms with Crippen molar-refractivity contribution in [2.24, 2.45) is 5.73 Å². The molecule has 66 valence electrons. The summed E-state index contributed by atoms with van der Waals surface area (Å²) in [6, 6.07) is 0. The Morgan fingerprint density at radius 3 is 2.27 bits per heavy atom. The van der Waals surface area contributed by atoms with Gasteiger partial charge in [-0.05, 0) is 12.8 Å². The highest BCUT2D eigenvalue weighted by Gasteiger charge is 2.27. The molecule has 0 aromatic heterocycles. The van der Waals surface area contributed by atoms with E-state index >= 15 is 0 Å². The van der Waals surface area contributed by atoms with Crippen LogP contribution in [0.5, 0.6) is 0 Å². The van der Waals surface area contributed by atoms with E-state index < -0.39 is 9.84 Å². The van der Waals surface area contributed by atoms with Crippen molar-refractivity contribution in [3.63, 3.8) is 0 Å². The van der Waals surface area contributed by atoms with E-state index in [-0.39, 0.29) is 17.5 Å². The fraction of sp³-hybridized carbons (Fsp3) is 1.00. The Labute approximate surface area is 67.9 Å². The Kier molecular flexibility index (Phi) is 2.90. The standard InChI is InChI=1S/C7H15NO2S/c8-5-6-11(9,10)7-3-1-2-4-7/h7H,1-6,8H2. The van der Waals surface area contributed by atoms with Gasteiger partial charge in [0.25, 0.3) is 0 Å². The highest BCUT2D eigenvalue weighted by Crippen LogP contribution is 2.24. The summed E-state index contributed by atoms with van der Waals surface area (Å²) in [6.07, 6.45) is 3.83. The van der Waals surface area contributed by atoms with E-state index in [0.717, 1.165) is 25.7 Å². The third-order valence-corrected chi connectivity index (χ3v) is 4.50. The van der Waals surface area contributed by atoms with Gasteiger partial charge >= 0.3 is 0 Å². The molecular formula is C7H15NO2S. The first-order valence-corrected chi connectivity index (χ1v) is 5.80. The molecule has 1 saturated carbocycles. The lowest BCUT2D eigenvalue weighted by Gasteiger charge is -2.08. The van der Waals surface area contributed by atoms with Crippen molar-refractivity contribution in [2.45, 2.75) is 30.9 Å². The van der Waals surface area contributed by atoms with Gasteiger partial charge in [0.2, 0.25) is 0 Å². The van der Waals surface area contributed by atoms with Gasteiger partial charge in [-0.2, -0.15) is 0 Å². The van der Waals surface area contributed by atoms with E-state index in [9.17, 15) is 8.42 Å². The molecule has 0 radical (unpaired) electrons. The van der Waals surface area contributed by atoms with Crippen molar-refractivity contribution in [1.82, 2.24) is 0 Å². The van der Waals surface area contributed by atoms with Gasteiger partial charge in [0.1, 0.15) is 0 Å². The minimum absolute atomic E-state index is 0.0777. The van der Waals surface area contributed by atoms with Gasteiger partial charge in [-0.15, -0.1) is 0 Å². The molecule has 4 heteroatoms. The number of sulfone groups is 1. The van der Waals surface area contributed by atoms with Crippen LogP contribution in [0.2, 0.25) is 0 Å². The van der Waals surface area contributed by atoms with Crippen LogP contribution >= 0.6 is 0 Å². The van der Waals surface area contributed by atoms with Crippen molar-refractivity contribution in [1.29, 1.82) is 0 Å². The van der Waals surface area contributed by atoms with Crippen molar-refractivity contribution < 1.29 is 8.42 Å². The fourth-order valence-corrected chi connectivity index (χ4v) is 3.29. The quantitative estimate of drug-likeness (QED) is 0.674. The molecule has 0 aromatic carbocycles. The molecule has 0 amide bonds. The Morgan fingerprint density at radius 1 is 1.27 bits per heavy atom. The van der Waals surface area contributed by atoms with Gasteiger partial charge in [0.15, 0.2) is 9.84 Å². The van der Waals surface area contributed by atoms with Crippen LogP contribution in [-0.4, -0.2) is 26.0 Å². The molecule has 0 spiro atoms. The third kappa shape index (κ3) is 2.17. The molecule has 0 aromatic rings. The van der Waals surface area contributed by atoms with Crippen LogP contribution in [-0.2, 0) is 9.84 Å². The predicted molar refractivity (Wildman–Crippen MR) is 45.1 cm³/mol. The van der Waals surface area contributed by atoms with Crippen LogP contribution in [0.4, 0.5) is 0 Å². The molecular weight excluding hydrogens is 162 g/mol. The van der Waals surface area contributed by atoms with Crippen LogP contribution in [0, 0.1) is 0 Å². The molecule has 11 heavy (non-hydrogen) atoms. The van der Waals surface area contributed by atoms with Crippen LogP contribution in [0.1, 0.15) is 25.7 Å². The van der Waals surface area contributed by atoms with Crippen LogP contribution in [0.3, 0.4) is 0 Å². The minimum atomic E-state index is -2.84. The zero-order chi connectivity index (χ0) is 8.32. The molecule has 0 unspecified atom stereocenters. The average Bonchev–Trinajstić information content (AvgIpc) is 2.37. The monoisotopic (exact) mass is 177 g/mol. The summed E-state index contributed by atoms with van der Waals surface area (Å²) < 4.78 is 22.7. The largest absolute Gasteiger partial charge is 0.329 e. The molecule has 1 aliphatic carbocycles. The molecule has 1 rings (SSSR count). The summed E-state index contributed by atoms with van der Waals surface area (Å²) in [6.45, 7) is 0.263.